The fourth-order valence-electron chi connectivity index (χ4n) is 3.98. The molecule has 8 heteroatoms. The summed E-state index contributed by atoms with van der Waals surface area (Å²) in [7, 11) is -2.12. The highest BCUT2D eigenvalue weighted by Gasteiger charge is 2.26. The van der Waals surface area contributed by atoms with Gasteiger partial charge in [0.2, 0.25) is 0 Å². The van der Waals surface area contributed by atoms with Crippen molar-refractivity contribution in [2.24, 2.45) is 0 Å². The lowest BCUT2D eigenvalue weighted by atomic mass is 10.0. The van der Waals surface area contributed by atoms with Crippen LogP contribution in [0.15, 0.2) is 46.0 Å². The number of amides is 1. The molecule has 0 aliphatic carbocycles. The number of hydrogen-bond acceptors (Lipinski definition) is 5. The number of allylic oxidation sites excluding steroid dienone is 1. The zero-order valence-electron chi connectivity index (χ0n) is 19.7. The van der Waals surface area contributed by atoms with Gasteiger partial charge in [-0.05, 0) is 75.4 Å². The Kier molecular flexibility index (Phi) is 7.27. The largest absolute Gasteiger partial charge is 0.469 e. The number of carbonyl (C=O) groups is 2. The van der Waals surface area contributed by atoms with Gasteiger partial charge in [0.25, 0.3) is 5.91 Å². The number of aryl methyl sites for hydroxylation is 2. The predicted molar refractivity (Wildman–Crippen MR) is 127 cm³/mol. The monoisotopic (exact) mass is 470 g/mol. The maximum absolute atomic E-state index is 12.7. The highest BCUT2D eigenvalue weighted by molar-refractivity contribution is 7.91. The smallest absolute Gasteiger partial charge is 0.305 e. The van der Waals surface area contributed by atoms with E-state index in [9.17, 15) is 18.0 Å². The topological polar surface area (TPSA) is 105 Å². The van der Waals surface area contributed by atoms with Gasteiger partial charge in [0.15, 0.2) is 9.84 Å². The number of esters is 1. The van der Waals surface area contributed by atoms with Crippen molar-refractivity contribution in [2.45, 2.75) is 51.9 Å². The first-order chi connectivity index (χ1) is 15.5. The highest BCUT2D eigenvalue weighted by atomic mass is 32.2. The third-order valence-corrected chi connectivity index (χ3v) is 7.84. The molecule has 3 rings (SSSR count). The zero-order chi connectivity index (χ0) is 24.3. The van der Waals surface area contributed by atoms with Gasteiger partial charge in [-0.3, -0.25) is 9.59 Å². The maximum Gasteiger partial charge on any atom is 0.305 e. The highest BCUT2D eigenvalue weighted by Crippen LogP contribution is 2.28. The molecule has 1 aromatic carbocycles. The average molecular weight is 471 g/mol. The molecule has 0 spiro atoms. The first-order valence-corrected chi connectivity index (χ1v) is 12.5. The van der Waals surface area contributed by atoms with E-state index >= 15 is 0 Å². The molecular weight excluding hydrogens is 440 g/mol. The molecule has 0 bridgehead atoms. The number of benzene rings is 1. The van der Waals surface area contributed by atoms with E-state index in [1.54, 1.807) is 24.3 Å². The lowest BCUT2D eigenvalue weighted by Gasteiger charge is -2.05. The number of methoxy groups -OCH3 is 1. The van der Waals surface area contributed by atoms with Crippen molar-refractivity contribution in [1.82, 2.24) is 10.3 Å². The molecule has 33 heavy (non-hydrogen) atoms. The summed E-state index contributed by atoms with van der Waals surface area (Å²) in [5, 5.41) is 2.86. The van der Waals surface area contributed by atoms with Crippen LogP contribution >= 0.6 is 0 Å². The van der Waals surface area contributed by atoms with Crippen molar-refractivity contribution in [1.29, 1.82) is 0 Å². The van der Waals surface area contributed by atoms with Crippen LogP contribution < -0.4 is 5.32 Å². The van der Waals surface area contributed by atoms with Gasteiger partial charge in [0, 0.05) is 29.1 Å². The molecule has 0 saturated carbocycles. The van der Waals surface area contributed by atoms with E-state index in [2.05, 4.69) is 10.3 Å². The van der Waals surface area contributed by atoms with Crippen LogP contribution in [0.5, 0.6) is 0 Å². The number of carbonyl (C=O) groups excluding carboxylic acids is 2. The van der Waals surface area contributed by atoms with Crippen LogP contribution in [0.25, 0.3) is 6.08 Å². The van der Waals surface area contributed by atoms with Crippen LogP contribution in [0.1, 0.15) is 47.8 Å². The molecule has 1 amide bonds. The summed E-state index contributed by atoms with van der Waals surface area (Å²) in [4.78, 5) is 27.7. The van der Waals surface area contributed by atoms with E-state index < -0.39 is 9.84 Å². The molecule has 2 aromatic rings. The number of hydrogen-bond donors (Lipinski definition) is 2. The molecule has 0 unspecified atom stereocenters. The SMILES string of the molecule is COC(=O)CCc1c(C)[nH]c(/C=C2\NC(=O)C(CCS(=O)(=O)c3ccc(C)cc3)=C2C)c1C. The summed E-state index contributed by atoms with van der Waals surface area (Å²) < 4.78 is 30.1. The molecule has 0 fully saturated rings. The molecule has 1 aliphatic heterocycles. The van der Waals surface area contributed by atoms with Gasteiger partial charge in [-0.2, -0.15) is 0 Å². The number of H-pyrrole nitrogens is 1. The molecule has 1 aliphatic rings. The third-order valence-electron chi connectivity index (χ3n) is 6.11. The van der Waals surface area contributed by atoms with E-state index in [-0.39, 0.29) is 28.9 Å². The standard InChI is InChI=1S/C25H30N2O5S/c1-15-6-8-19(9-7-15)33(30,31)13-12-21-17(3)23(27-25(21)29)14-22-16(2)20(18(4)26-22)10-11-24(28)32-5/h6-9,14,26H,10-13H2,1-5H3,(H,27,29)/b23-14-. The molecule has 7 nitrogen and oxygen atoms in total. The van der Waals surface area contributed by atoms with Crippen LogP contribution in [0.3, 0.4) is 0 Å². The van der Waals surface area contributed by atoms with E-state index in [1.165, 1.54) is 7.11 Å². The fraction of sp³-hybridized carbons (Fsp3) is 0.360. The minimum Gasteiger partial charge on any atom is -0.469 e. The van der Waals surface area contributed by atoms with E-state index in [0.29, 0.717) is 24.1 Å². The molecule has 0 saturated heterocycles. The van der Waals surface area contributed by atoms with Gasteiger partial charge in [-0.25, -0.2) is 8.42 Å². The molecule has 1 aromatic heterocycles. The Morgan fingerprint density at radius 3 is 2.36 bits per heavy atom. The van der Waals surface area contributed by atoms with E-state index in [4.69, 9.17) is 4.74 Å². The molecule has 2 heterocycles. The second-order valence-corrected chi connectivity index (χ2v) is 10.5. The Morgan fingerprint density at radius 1 is 1.06 bits per heavy atom. The van der Waals surface area contributed by atoms with E-state index in [0.717, 1.165) is 33.7 Å². The lowest BCUT2D eigenvalue weighted by molar-refractivity contribution is -0.140. The summed E-state index contributed by atoms with van der Waals surface area (Å²) in [6, 6.07) is 6.72. The molecule has 2 N–H and O–H groups in total. The summed E-state index contributed by atoms with van der Waals surface area (Å²) in [6.07, 6.45) is 2.85. The Bertz CT molecular complexity index is 1250. The first kappa shape index (κ1) is 24.5. The van der Waals surface area contributed by atoms with Crippen molar-refractivity contribution in [3.05, 3.63) is 69.2 Å². The predicted octanol–water partition coefficient (Wildman–Crippen LogP) is 3.70. The third kappa shape index (κ3) is 5.45. The number of aromatic amines is 1. The van der Waals surface area contributed by atoms with Crippen molar-refractivity contribution in [3.63, 3.8) is 0 Å². The summed E-state index contributed by atoms with van der Waals surface area (Å²) >= 11 is 0. The Labute approximate surface area is 194 Å². The number of nitrogens with one attached hydrogen (secondary N) is 2. The van der Waals surface area contributed by atoms with Crippen LogP contribution in [0.2, 0.25) is 0 Å². The van der Waals surface area contributed by atoms with Crippen LogP contribution in [0.4, 0.5) is 0 Å². The average Bonchev–Trinajstić information content (AvgIpc) is 3.19. The van der Waals surface area contributed by atoms with Crippen LogP contribution in [-0.4, -0.2) is 38.1 Å². The number of sulfone groups is 1. The molecule has 176 valence electrons. The van der Waals surface area contributed by atoms with Gasteiger partial charge < -0.3 is 15.0 Å². The second-order valence-electron chi connectivity index (χ2n) is 8.34. The Balaban J connectivity index is 1.80. The van der Waals surface area contributed by atoms with Crippen LogP contribution in [-0.2, 0) is 30.6 Å². The zero-order valence-corrected chi connectivity index (χ0v) is 20.5. The molecule has 0 radical (unpaired) electrons. The number of ether oxygens (including phenoxy) is 1. The minimum atomic E-state index is -3.49. The van der Waals surface area contributed by atoms with Crippen molar-refractivity contribution in [3.8, 4) is 0 Å². The summed E-state index contributed by atoms with van der Waals surface area (Å²) in [6.45, 7) is 7.63. The van der Waals surface area contributed by atoms with Gasteiger partial charge in [0.1, 0.15) is 0 Å². The molecule has 0 atom stereocenters. The lowest BCUT2D eigenvalue weighted by Crippen LogP contribution is -2.18. The number of aromatic nitrogens is 1. The fourth-order valence-corrected chi connectivity index (χ4v) is 5.24. The van der Waals surface area contributed by atoms with Crippen molar-refractivity contribution >= 4 is 27.8 Å². The quantitative estimate of drug-likeness (QED) is 0.573. The molecular formula is C25H30N2O5S. The maximum atomic E-state index is 12.7. The minimum absolute atomic E-state index is 0.137. The Morgan fingerprint density at radius 2 is 1.73 bits per heavy atom. The summed E-state index contributed by atoms with van der Waals surface area (Å²) in [5.41, 5.74) is 6.69. The van der Waals surface area contributed by atoms with Gasteiger partial charge >= 0.3 is 5.97 Å². The van der Waals surface area contributed by atoms with Gasteiger partial charge in [-0.15, -0.1) is 0 Å². The van der Waals surface area contributed by atoms with E-state index in [1.807, 2.05) is 33.8 Å². The Hall–Kier alpha value is -3.13. The van der Waals surface area contributed by atoms with Crippen LogP contribution in [0, 0.1) is 20.8 Å². The first-order valence-electron chi connectivity index (χ1n) is 10.8. The summed E-state index contributed by atoms with van der Waals surface area (Å²) in [5.74, 6) is -0.673. The van der Waals surface area contributed by atoms with Crippen molar-refractivity contribution < 1.29 is 22.7 Å². The van der Waals surface area contributed by atoms with Gasteiger partial charge in [0.05, 0.1) is 17.8 Å². The second kappa shape index (κ2) is 9.79. The normalized spacial score (nSPS) is 15.3. The number of rotatable bonds is 8. The van der Waals surface area contributed by atoms with Gasteiger partial charge in [-0.1, -0.05) is 17.7 Å². The van der Waals surface area contributed by atoms with Crippen molar-refractivity contribution in [2.75, 3.05) is 12.9 Å².